The quantitative estimate of drug-likeness (QED) is 0.345. The number of benzene rings is 4. The van der Waals surface area contributed by atoms with Crippen LogP contribution in [0.25, 0.3) is 54.6 Å². The van der Waals surface area contributed by atoms with E-state index in [0.717, 1.165) is 22.3 Å². The maximum absolute atomic E-state index is 5.54. The Morgan fingerprint density at radius 2 is 1.11 bits per heavy atom. The van der Waals surface area contributed by atoms with Crippen LogP contribution in [0, 0.1) is 0 Å². The molecule has 6 rings (SSSR count). The molecule has 0 aliphatic heterocycles. The summed E-state index contributed by atoms with van der Waals surface area (Å²) in [5.74, 6) is 0. The monoisotopic (exact) mass is 230 g/mol. The average Bonchev–Trinajstić information content (AvgIpc) is 3.27. The Kier molecular flexibility index (Phi) is 0.908. The van der Waals surface area contributed by atoms with Crippen LogP contribution < -0.4 is 0 Å². The highest BCUT2D eigenvalue weighted by atomic mass is 16.4. The van der Waals surface area contributed by atoms with Crippen molar-refractivity contribution in [1.29, 1.82) is 0 Å². The lowest BCUT2D eigenvalue weighted by Crippen LogP contribution is -1.80. The van der Waals surface area contributed by atoms with Crippen LogP contribution in [0.3, 0.4) is 0 Å². The molecule has 18 heavy (non-hydrogen) atoms. The molecule has 0 amide bonds. The lowest BCUT2D eigenvalue weighted by atomic mass is 9.94. The summed E-state index contributed by atoms with van der Waals surface area (Å²) in [5, 5.41) is 7.56. The lowest BCUT2D eigenvalue weighted by Gasteiger charge is -2.06. The summed E-state index contributed by atoms with van der Waals surface area (Å²) in [6.07, 6.45) is 0. The van der Waals surface area contributed by atoms with Crippen molar-refractivity contribution in [3.63, 3.8) is 0 Å². The van der Waals surface area contributed by atoms with Crippen LogP contribution >= 0.6 is 0 Å². The summed E-state index contributed by atoms with van der Waals surface area (Å²) < 4.78 is 11.1. The van der Waals surface area contributed by atoms with E-state index in [9.17, 15) is 0 Å². The first-order valence-electron chi connectivity index (χ1n) is 6.04. The molecule has 82 valence electrons. The summed E-state index contributed by atoms with van der Waals surface area (Å²) in [7, 11) is 0. The van der Waals surface area contributed by atoms with E-state index in [2.05, 4.69) is 36.4 Å². The van der Waals surface area contributed by atoms with Crippen molar-refractivity contribution >= 4 is 54.6 Å². The fourth-order valence-corrected chi connectivity index (χ4v) is 3.18. The van der Waals surface area contributed by atoms with Gasteiger partial charge in [0, 0.05) is 21.5 Å². The molecule has 0 saturated carbocycles. The number of fused-ring (bicyclic) bond motifs is 4. The molecule has 0 spiro atoms. The Bertz CT molecular complexity index is 1060. The fraction of sp³-hybridized carbons (Fsp3) is 0. The molecule has 0 aliphatic rings. The molecule has 0 N–H and O–H groups in total. The third kappa shape index (κ3) is 0.688. The van der Waals surface area contributed by atoms with Gasteiger partial charge in [-0.15, -0.1) is 0 Å². The van der Waals surface area contributed by atoms with Crippen LogP contribution in [0.1, 0.15) is 0 Å². The molecule has 0 atom stereocenters. The van der Waals surface area contributed by atoms with Crippen molar-refractivity contribution in [2.75, 3.05) is 0 Å². The summed E-state index contributed by atoms with van der Waals surface area (Å²) in [6.45, 7) is 0. The smallest absolute Gasteiger partial charge is 0.178 e. The van der Waals surface area contributed by atoms with Gasteiger partial charge < -0.3 is 8.83 Å². The van der Waals surface area contributed by atoms with Crippen molar-refractivity contribution < 1.29 is 8.83 Å². The molecule has 0 aliphatic carbocycles. The van der Waals surface area contributed by atoms with Crippen molar-refractivity contribution in [2.24, 2.45) is 0 Å². The molecule has 0 radical (unpaired) electrons. The Hall–Kier alpha value is -2.48. The number of hydrogen-bond acceptors (Lipinski definition) is 2. The molecule has 2 heteroatoms. The highest BCUT2D eigenvalue weighted by Crippen LogP contribution is 2.45. The Morgan fingerprint density at radius 3 is 1.61 bits per heavy atom. The standard InChI is InChI=1S/C16H6O2/c1-3-9-14-8(6-12-15(9)18-12)2-4-10-13(14)7(1)5-11-16(10)17-11/h1-6H. The lowest BCUT2D eigenvalue weighted by molar-refractivity contribution is 0.759. The largest absolute Gasteiger partial charge is 0.449 e. The van der Waals surface area contributed by atoms with Crippen molar-refractivity contribution in [1.82, 2.24) is 0 Å². The van der Waals surface area contributed by atoms with Gasteiger partial charge in [0.2, 0.25) is 0 Å². The maximum atomic E-state index is 5.54. The van der Waals surface area contributed by atoms with Crippen molar-refractivity contribution in [3.05, 3.63) is 36.4 Å². The van der Waals surface area contributed by atoms with Crippen LogP contribution in [0.4, 0.5) is 0 Å². The van der Waals surface area contributed by atoms with Crippen LogP contribution in [0.2, 0.25) is 0 Å². The fourth-order valence-electron chi connectivity index (χ4n) is 3.18. The molecule has 6 aromatic rings. The normalized spacial score (nSPS) is 13.6. The van der Waals surface area contributed by atoms with E-state index in [1.165, 1.54) is 32.3 Å². The van der Waals surface area contributed by atoms with Crippen LogP contribution in [0.5, 0.6) is 0 Å². The molecule has 2 heterocycles. The average molecular weight is 230 g/mol. The zero-order valence-electron chi connectivity index (χ0n) is 9.28. The molecule has 0 fully saturated rings. The minimum atomic E-state index is 1.02. The second-order valence-electron chi connectivity index (χ2n) is 5.03. The third-order valence-electron chi connectivity index (χ3n) is 4.08. The van der Waals surface area contributed by atoms with Gasteiger partial charge in [0.25, 0.3) is 0 Å². The van der Waals surface area contributed by atoms with E-state index in [1.807, 2.05) is 0 Å². The van der Waals surface area contributed by atoms with Gasteiger partial charge in [0.15, 0.2) is 22.3 Å². The first-order valence-corrected chi connectivity index (χ1v) is 6.04. The van der Waals surface area contributed by atoms with E-state index >= 15 is 0 Å². The summed E-state index contributed by atoms with van der Waals surface area (Å²) in [5.41, 5.74) is 4.13. The van der Waals surface area contributed by atoms with Crippen LogP contribution in [0.15, 0.2) is 45.2 Å². The molecule has 0 bridgehead atoms. The van der Waals surface area contributed by atoms with E-state index in [0.29, 0.717) is 0 Å². The van der Waals surface area contributed by atoms with E-state index in [4.69, 9.17) is 8.83 Å². The van der Waals surface area contributed by atoms with Crippen molar-refractivity contribution in [2.45, 2.75) is 0 Å². The topological polar surface area (TPSA) is 26.3 Å². The zero-order valence-corrected chi connectivity index (χ0v) is 9.28. The van der Waals surface area contributed by atoms with Gasteiger partial charge in [-0.05, 0) is 35.0 Å². The predicted molar refractivity (Wildman–Crippen MR) is 72.1 cm³/mol. The number of hydrogen-bond donors (Lipinski definition) is 0. The highest BCUT2D eigenvalue weighted by Gasteiger charge is 2.20. The molecular weight excluding hydrogens is 224 g/mol. The summed E-state index contributed by atoms with van der Waals surface area (Å²) in [4.78, 5) is 0. The van der Waals surface area contributed by atoms with E-state index < -0.39 is 0 Å². The Morgan fingerprint density at radius 1 is 0.611 bits per heavy atom. The van der Waals surface area contributed by atoms with Gasteiger partial charge in [-0.3, -0.25) is 0 Å². The maximum Gasteiger partial charge on any atom is 0.178 e. The van der Waals surface area contributed by atoms with E-state index in [1.54, 1.807) is 0 Å². The second-order valence-corrected chi connectivity index (χ2v) is 5.03. The van der Waals surface area contributed by atoms with Gasteiger partial charge in [-0.1, -0.05) is 12.1 Å². The summed E-state index contributed by atoms with van der Waals surface area (Å²) >= 11 is 0. The van der Waals surface area contributed by atoms with Gasteiger partial charge in [0.05, 0.1) is 0 Å². The predicted octanol–water partition coefficient (Wildman–Crippen LogP) is 4.95. The molecule has 4 aromatic carbocycles. The minimum absolute atomic E-state index is 1.02. The minimum Gasteiger partial charge on any atom is -0.449 e. The van der Waals surface area contributed by atoms with Gasteiger partial charge in [-0.25, -0.2) is 0 Å². The molecule has 2 nitrogen and oxygen atoms in total. The second kappa shape index (κ2) is 2.10. The van der Waals surface area contributed by atoms with Gasteiger partial charge in [0.1, 0.15) is 0 Å². The SMILES string of the molecule is c1cc2c3oc3cc3ccc4c5oc5cc1c4c32. The summed E-state index contributed by atoms with van der Waals surface area (Å²) in [6, 6.07) is 12.9. The van der Waals surface area contributed by atoms with Gasteiger partial charge in [-0.2, -0.15) is 0 Å². The van der Waals surface area contributed by atoms with Crippen molar-refractivity contribution in [3.8, 4) is 0 Å². The molecule has 0 saturated heterocycles. The third-order valence-corrected chi connectivity index (χ3v) is 4.08. The highest BCUT2D eigenvalue weighted by molar-refractivity contribution is 6.32. The van der Waals surface area contributed by atoms with E-state index in [-0.39, 0.29) is 0 Å². The van der Waals surface area contributed by atoms with Crippen LogP contribution in [-0.2, 0) is 0 Å². The molecular formula is C16H6O2. The van der Waals surface area contributed by atoms with Crippen LogP contribution in [-0.4, -0.2) is 0 Å². The Labute approximate surface area is 100 Å². The first kappa shape index (κ1) is 7.77. The zero-order chi connectivity index (χ0) is 11.4. The number of rotatable bonds is 0. The molecule has 0 unspecified atom stereocenters. The van der Waals surface area contributed by atoms with Gasteiger partial charge >= 0.3 is 0 Å². The molecule has 2 aromatic heterocycles. The Balaban J connectivity index is 2.15. The first-order chi connectivity index (χ1) is 8.90.